The Hall–Kier alpha value is -3.47. The lowest BCUT2D eigenvalue weighted by molar-refractivity contribution is 0.0150. The van der Waals surface area contributed by atoms with Gasteiger partial charge in [0.05, 0.1) is 16.8 Å². The highest BCUT2D eigenvalue weighted by atomic mass is 16.7. The quantitative estimate of drug-likeness (QED) is 0.574. The molecule has 0 spiro atoms. The lowest BCUT2D eigenvalue weighted by Crippen LogP contribution is -2.24. The number of carbonyl (C=O) groups excluding carboxylic acids is 2. The SMILES string of the molecule is CC(C)(C)OC(=O)OC1=C(c2ccc3ccccc3n2)C(=O)c2ccccc21. The number of carbonyl (C=O) groups is 2. The van der Waals surface area contributed by atoms with E-state index in [4.69, 9.17) is 9.47 Å². The molecule has 5 heteroatoms. The number of fused-ring (bicyclic) bond motifs is 2. The number of aromatic nitrogens is 1. The fraction of sp³-hybridized carbons (Fsp3) is 0.174. The molecule has 0 saturated heterocycles. The number of ether oxygens (including phenoxy) is 2. The van der Waals surface area contributed by atoms with Crippen molar-refractivity contribution < 1.29 is 19.1 Å². The summed E-state index contributed by atoms with van der Waals surface area (Å²) in [5.41, 5.74) is 1.81. The van der Waals surface area contributed by atoms with Gasteiger partial charge in [0.25, 0.3) is 0 Å². The number of rotatable bonds is 2. The van der Waals surface area contributed by atoms with Gasteiger partial charge in [-0.05, 0) is 32.9 Å². The first kappa shape index (κ1) is 17.9. The van der Waals surface area contributed by atoms with E-state index in [9.17, 15) is 9.59 Å². The Morgan fingerprint density at radius 2 is 1.57 bits per heavy atom. The molecule has 1 aliphatic carbocycles. The van der Waals surface area contributed by atoms with Crippen LogP contribution in [0.3, 0.4) is 0 Å². The summed E-state index contributed by atoms with van der Waals surface area (Å²) in [6.45, 7) is 5.26. The van der Waals surface area contributed by atoms with Crippen LogP contribution in [-0.4, -0.2) is 22.5 Å². The Labute approximate surface area is 162 Å². The van der Waals surface area contributed by atoms with Gasteiger partial charge in [0, 0.05) is 16.5 Å². The van der Waals surface area contributed by atoms with Crippen LogP contribution in [0.15, 0.2) is 60.7 Å². The van der Waals surface area contributed by atoms with E-state index in [1.807, 2.05) is 30.3 Å². The first-order valence-electron chi connectivity index (χ1n) is 8.99. The van der Waals surface area contributed by atoms with Gasteiger partial charge in [0.2, 0.25) is 0 Å². The molecule has 0 N–H and O–H groups in total. The molecule has 0 aliphatic heterocycles. The number of pyridine rings is 1. The average molecular weight is 373 g/mol. The third-order valence-corrected chi connectivity index (χ3v) is 4.30. The maximum atomic E-state index is 13.1. The Kier molecular flexibility index (Phi) is 4.23. The summed E-state index contributed by atoms with van der Waals surface area (Å²) < 4.78 is 10.8. The van der Waals surface area contributed by atoms with Crippen LogP contribution in [0.25, 0.3) is 22.2 Å². The maximum absolute atomic E-state index is 13.1. The summed E-state index contributed by atoms with van der Waals surface area (Å²) in [4.78, 5) is 30.0. The summed E-state index contributed by atoms with van der Waals surface area (Å²) in [6, 6.07) is 18.3. The number of ketones is 1. The molecule has 0 atom stereocenters. The van der Waals surface area contributed by atoms with E-state index in [1.165, 1.54) is 0 Å². The topological polar surface area (TPSA) is 65.5 Å². The van der Waals surface area contributed by atoms with Crippen molar-refractivity contribution in [1.82, 2.24) is 4.98 Å². The number of benzene rings is 2. The van der Waals surface area contributed by atoms with E-state index < -0.39 is 11.8 Å². The molecule has 2 aromatic carbocycles. The van der Waals surface area contributed by atoms with Gasteiger partial charge in [-0.25, -0.2) is 9.78 Å². The third kappa shape index (κ3) is 3.27. The fourth-order valence-electron chi connectivity index (χ4n) is 3.15. The number of nitrogens with zero attached hydrogens (tertiary/aromatic N) is 1. The molecule has 28 heavy (non-hydrogen) atoms. The third-order valence-electron chi connectivity index (χ3n) is 4.30. The minimum absolute atomic E-state index is 0.178. The van der Waals surface area contributed by atoms with Gasteiger partial charge < -0.3 is 9.47 Å². The number of Topliss-reactive ketones (excluding diaryl/α,β-unsaturated/α-hetero) is 1. The summed E-state index contributed by atoms with van der Waals surface area (Å²) in [6.07, 6.45) is -0.856. The van der Waals surface area contributed by atoms with Gasteiger partial charge in [0.1, 0.15) is 5.60 Å². The summed E-state index contributed by atoms with van der Waals surface area (Å²) in [5, 5.41) is 0.962. The normalized spacial score (nSPS) is 13.6. The molecule has 140 valence electrons. The Balaban J connectivity index is 1.84. The smallest absolute Gasteiger partial charge is 0.428 e. The Morgan fingerprint density at radius 1 is 0.893 bits per heavy atom. The zero-order chi connectivity index (χ0) is 19.9. The summed E-state index contributed by atoms with van der Waals surface area (Å²) in [7, 11) is 0. The molecular weight excluding hydrogens is 354 g/mol. The van der Waals surface area contributed by atoms with Crippen LogP contribution in [0, 0.1) is 0 Å². The Bertz CT molecular complexity index is 1140. The molecule has 4 rings (SSSR count). The average Bonchev–Trinajstić information content (AvgIpc) is 2.92. The van der Waals surface area contributed by atoms with Crippen LogP contribution in [0.5, 0.6) is 0 Å². The molecule has 0 radical (unpaired) electrons. The Morgan fingerprint density at radius 3 is 2.32 bits per heavy atom. The van der Waals surface area contributed by atoms with Crippen LogP contribution in [-0.2, 0) is 9.47 Å². The molecule has 1 aromatic heterocycles. The maximum Gasteiger partial charge on any atom is 0.514 e. The standard InChI is InChI=1S/C23H19NO4/c1-23(2,3)28-22(26)27-21-16-10-6-5-9-15(16)20(25)19(21)18-13-12-14-8-4-7-11-17(14)24-18/h4-13H,1-3H3. The molecule has 1 heterocycles. The second-order valence-corrected chi connectivity index (χ2v) is 7.53. The van der Waals surface area contributed by atoms with Gasteiger partial charge in [0.15, 0.2) is 11.5 Å². The van der Waals surface area contributed by atoms with Crippen molar-refractivity contribution in [3.63, 3.8) is 0 Å². The summed E-state index contributed by atoms with van der Waals surface area (Å²) in [5.74, 6) is -0.0467. The molecular formula is C23H19NO4. The second kappa shape index (κ2) is 6.60. The van der Waals surface area contributed by atoms with Crippen molar-refractivity contribution in [2.24, 2.45) is 0 Å². The number of hydrogen-bond donors (Lipinski definition) is 0. The van der Waals surface area contributed by atoms with Crippen molar-refractivity contribution in [2.75, 3.05) is 0 Å². The van der Waals surface area contributed by atoms with Crippen LogP contribution < -0.4 is 0 Å². The predicted molar refractivity (Wildman–Crippen MR) is 107 cm³/mol. The highest BCUT2D eigenvalue weighted by molar-refractivity contribution is 6.39. The summed E-state index contributed by atoms with van der Waals surface area (Å²) >= 11 is 0. The van der Waals surface area contributed by atoms with Crippen molar-refractivity contribution in [1.29, 1.82) is 0 Å². The van der Waals surface area contributed by atoms with Gasteiger partial charge >= 0.3 is 6.16 Å². The zero-order valence-electron chi connectivity index (χ0n) is 15.9. The molecule has 0 saturated carbocycles. The van der Waals surface area contributed by atoms with E-state index in [2.05, 4.69) is 4.98 Å². The lowest BCUT2D eigenvalue weighted by Gasteiger charge is -2.19. The minimum Gasteiger partial charge on any atom is -0.428 e. The van der Waals surface area contributed by atoms with Crippen LogP contribution in [0.1, 0.15) is 42.4 Å². The highest BCUT2D eigenvalue weighted by Gasteiger charge is 2.35. The van der Waals surface area contributed by atoms with Crippen molar-refractivity contribution in [3.05, 3.63) is 77.5 Å². The van der Waals surface area contributed by atoms with Crippen LogP contribution in [0.4, 0.5) is 4.79 Å². The monoisotopic (exact) mass is 373 g/mol. The van der Waals surface area contributed by atoms with E-state index in [1.54, 1.807) is 51.1 Å². The number of para-hydroxylation sites is 1. The molecule has 0 bridgehead atoms. The largest absolute Gasteiger partial charge is 0.514 e. The fourth-order valence-corrected chi connectivity index (χ4v) is 3.15. The molecule has 5 nitrogen and oxygen atoms in total. The van der Waals surface area contributed by atoms with E-state index in [0.29, 0.717) is 16.8 Å². The first-order chi connectivity index (χ1) is 13.3. The van der Waals surface area contributed by atoms with Crippen molar-refractivity contribution >= 4 is 34.2 Å². The van der Waals surface area contributed by atoms with E-state index in [0.717, 1.165) is 10.9 Å². The molecule has 3 aromatic rings. The molecule has 0 unspecified atom stereocenters. The van der Waals surface area contributed by atoms with Gasteiger partial charge in [-0.15, -0.1) is 0 Å². The van der Waals surface area contributed by atoms with Crippen molar-refractivity contribution in [2.45, 2.75) is 26.4 Å². The van der Waals surface area contributed by atoms with E-state index >= 15 is 0 Å². The predicted octanol–water partition coefficient (Wildman–Crippen LogP) is 5.25. The van der Waals surface area contributed by atoms with Gasteiger partial charge in [-0.2, -0.15) is 0 Å². The van der Waals surface area contributed by atoms with Crippen LogP contribution >= 0.6 is 0 Å². The number of hydrogen-bond acceptors (Lipinski definition) is 5. The molecule has 1 aliphatic rings. The second-order valence-electron chi connectivity index (χ2n) is 7.53. The van der Waals surface area contributed by atoms with Crippen molar-refractivity contribution in [3.8, 4) is 0 Å². The van der Waals surface area contributed by atoms with Gasteiger partial charge in [-0.1, -0.05) is 48.5 Å². The lowest BCUT2D eigenvalue weighted by atomic mass is 10.1. The van der Waals surface area contributed by atoms with Gasteiger partial charge in [-0.3, -0.25) is 4.79 Å². The molecule has 0 amide bonds. The number of allylic oxidation sites excluding steroid dienone is 1. The van der Waals surface area contributed by atoms with Crippen LogP contribution in [0.2, 0.25) is 0 Å². The first-order valence-corrected chi connectivity index (χ1v) is 8.99. The molecule has 0 fully saturated rings. The zero-order valence-corrected chi connectivity index (χ0v) is 15.9. The van der Waals surface area contributed by atoms with E-state index in [-0.39, 0.29) is 17.1 Å². The minimum atomic E-state index is -0.856. The highest BCUT2D eigenvalue weighted by Crippen LogP contribution is 2.39.